The number of nitrogens with one attached hydrogen (secondary N) is 2. The normalized spacial score (nSPS) is 10.4. The third-order valence-corrected chi connectivity index (χ3v) is 5.24. The molecule has 0 aliphatic rings. The highest BCUT2D eigenvalue weighted by Gasteiger charge is 2.15. The molecule has 1 heterocycles. The van der Waals surface area contributed by atoms with Gasteiger partial charge in [-0.15, -0.1) is 11.3 Å². The maximum atomic E-state index is 13.0. The van der Waals surface area contributed by atoms with E-state index < -0.39 is 11.7 Å². The van der Waals surface area contributed by atoms with Crippen LogP contribution in [0.4, 0.5) is 9.52 Å². The number of hydrogen-bond donors (Lipinski definition) is 2. The molecule has 0 aliphatic carbocycles. The maximum Gasteiger partial charge on any atom is 0.257 e. The van der Waals surface area contributed by atoms with E-state index in [4.69, 9.17) is 14.2 Å². The molecular weight excluding hydrogens is 437 g/mol. The van der Waals surface area contributed by atoms with E-state index in [1.807, 2.05) is 0 Å². The Kier molecular flexibility index (Phi) is 7.61. The number of hydrogen-bond acceptors (Lipinski definition) is 7. The monoisotopic (exact) mass is 459 g/mol. The lowest BCUT2D eigenvalue weighted by Crippen LogP contribution is -2.24. The van der Waals surface area contributed by atoms with Crippen molar-refractivity contribution in [1.29, 1.82) is 0 Å². The fourth-order valence-electron chi connectivity index (χ4n) is 2.88. The average Bonchev–Trinajstić information content (AvgIpc) is 3.23. The Morgan fingerprint density at radius 2 is 1.69 bits per heavy atom. The first kappa shape index (κ1) is 23.0. The van der Waals surface area contributed by atoms with Crippen LogP contribution in [0.3, 0.4) is 0 Å². The number of anilines is 1. The van der Waals surface area contributed by atoms with Gasteiger partial charge in [0, 0.05) is 17.5 Å². The lowest BCUT2D eigenvalue weighted by atomic mass is 10.1. The first-order valence-electron chi connectivity index (χ1n) is 9.50. The first-order chi connectivity index (χ1) is 15.4. The molecule has 168 valence electrons. The van der Waals surface area contributed by atoms with Crippen LogP contribution in [-0.2, 0) is 17.8 Å². The summed E-state index contributed by atoms with van der Waals surface area (Å²) in [6.45, 7) is 0.258. The van der Waals surface area contributed by atoms with E-state index in [9.17, 15) is 14.0 Å². The largest absolute Gasteiger partial charge is 0.493 e. The maximum absolute atomic E-state index is 13.0. The number of rotatable bonds is 9. The molecule has 0 bridgehead atoms. The zero-order valence-corrected chi connectivity index (χ0v) is 18.5. The predicted molar refractivity (Wildman–Crippen MR) is 118 cm³/mol. The molecule has 2 aromatic carbocycles. The number of ether oxygens (including phenoxy) is 3. The molecule has 2 N–H and O–H groups in total. The number of aromatic nitrogens is 1. The van der Waals surface area contributed by atoms with Gasteiger partial charge in [0.2, 0.25) is 11.7 Å². The second-order valence-electron chi connectivity index (χ2n) is 6.59. The molecule has 0 spiro atoms. The van der Waals surface area contributed by atoms with Crippen molar-refractivity contribution in [3.05, 3.63) is 64.4 Å². The van der Waals surface area contributed by atoms with Crippen LogP contribution in [-0.4, -0.2) is 38.1 Å². The summed E-state index contributed by atoms with van der Waals surface area (Å²) in [5.41, 5.74) is 1.61. The van der Waals surface area contributed by atoms with Crippen LogP contribution in [0, 0.1) is 5.82 Å². The average molecular weight is 459 g/mol. The number of amides is 2. The molecule has 0 fully saturated rings. The first-order valence-corrected chi connectivity index (χ1v) is 10.4. The van der Waals surface area contributed by atoms with Crippen LogP contribution in [0.15, 0.2) is 41.8 Å². The predicted octanol–water partition coefficient (Wildman–Crippen LogP) is 3.42. The smallest absolute Gasteiger partial charge is 0.257 e. The number of carbonyl (C=O) groups excluding carboxylic acids is 2. The van der Waals surface area contributed by atoms with Crippen molar-refractivity contribution in [2.45, 2.75) is 13.0 Å². The summed E-state index contributed by atoms with van der Waals surface area (Å²) in [5, 5.41) is 7.51. The van der Waals surface area contributed by atoms with Gasteiger partial charge in [-0.2, -0.15) is 0 Å². The van der Waals surface area contributed by atoms with E-state index in [0.29, 0.717) is 33.6 Å². The van der Waals surface area contributed by atoms with Crippen molar-refractivity contribution >= 4 is 28.3 Å². The standard InChI is InChI=1S/C22H22FN3O5S/c1-29-17-8-13(9-18(30-2)20(17)31-3)11-24-19(27)10-16-12-32-22(25-16)26-21(28)14-4-6-15(23)7-5-14/h4-9,12H,10-11H2,1-3H3,(H,24,27)(H,25,26,28). The van der Waals surface area contributed by atoms with Crippen LogP contribution in [0.1, 0.15) is 21.6 Å². The van der Waals surface area contributed by atoms with Crippen molar-refractivity contribution in [3.63, 3.8) is 0 Å². The molecule has 0 atom stereocenters. The Morgan fingerprint density at radius 1 is 1.03 bits per heavy atom. The number of nitrogens with zero attached hydrogens (tertiary/aromatic N) is 1. The highest BCUT2D eigenvalue weighted by molar-refractivity contribution is 7.14. The van der Waals surface area contributed by atoms with Crippen molar-refractivity contribution in [2.24, 2.45) is 0 Å². The SMILES string of the molecule is COc1cc(CNC(=O)Cc2csc(NC(=O)c3ccc(F)cc3)n2)cc(OC)c1OC. The van der Waals surface area contributed by atoms with E-state index >= 15 is 0 Å². The van der Waals surface area contributed by atoms with Crippen molar-refractivity contribution in [2.75, 3.05) is 26.6 Å². The van der Waals surface area contributed by atoms with Crippen molar-refractivity contribution < 1.29 is 28.2 Å². The zero-order valence-electron chi connectivity index (χ0n) is 17.7. The Labute approximate surface area is 188 Å². The summed E-state index contributed by atoms with van der Waals surface area (Å²) in [7, 11) is 4.56. The third-order valence-electron chi connectivity index (χ3n) is 4.43. The minimum atomic E-state index is -0.421. The Morgan fingerprint density at radius 3 is 2.28 bits per heavy atom. The molecule has 1 aromatic heterocycles. The quantitative estimate of drug-likeness (QED) is 0.509. The van der Waals surface area contributed by atoms with E-state index in [0.717, 1.165) is 5.56 Å². The molecule has 3 aromatic rings. The highest BCUT2D eigenvalue weighted by atomic mass is 32.1. The number of methoxy groups -OCH3 is 3. The van der Waals surface area contributed by atoms with Gasteiger partial charge in [-0.3, -0.25) is 14.9 Å². The lowest BCUT2D eigenvalue weighted by Gasteiger charge is -2.14. The van der Waals surface area contributed by atoms with E-state index in [1.165, 1.54) is 56.9 Å². The number of benzene rings is 2. The van der Waals surface area contributed by atoms with Gasteiger partial charge in [-0.1, -0.05) is 0 Å². The van der Waals surface area contributed by atoms with Gasteiger partial charge >= 0.3 is 0 Å². The fraction of sp³-hybridized carbons (Fsp3) is 0.227. The second-order valence-corrected chi connectivity index (χ2v) is 7.45. The highest BCUT2D eigenvalue weighted by Crippen LogP contribution is 2.38. The van der Waals surface area contributed by atoms with E-state index in [1.54, 1.807) is 17.5 Å². The molecule has 0 unspecified atom stereocenters. The Balaban J connectivity index is 1.56. The summed E-state index contributed by atoms with van der Waals surface area (Å²) < 4.78 is 28.9. The minimum Gasteiger partial charge on any atom is -0.493 e. The van der Waals surface area contributed by atoms with Gasteiger partial charge in [0.1, 0.15) is 5.82 Å². The number of halogens is 1. The van der Waals surface area contributed by atoms with Gasteiger partial charge in [0.15, 0.2) is 16.6 Å². The lowest BCUT2D eigenvalue weighted by molar-refractivity contribution is -0.120. The zero-order chi connectivity index (χ0) is 23.1. The van der Waals surface area contributed by atoms with E-state index in [2.05, 4.69) is 15.6 Å². The second kappa shape index (κ2) is 10.6. The van der Waals surface area contributed by atoms with Crippen LogP contribution in [0.5, 0.6) is 17.2 Å². The van der Waals surface area contributed by atoms with Crippen LogP contribution < -0.4 is 24.8 Å². The molecule has 0 radical (unpaired) electrons. The summed E-state index contributed by atoms with van der Waals surface area (Å²) in [6.07, 6.45) is 0.0490. The van der Waals surface area contributed by atoms with Crippen LogP contribution >= 0.6 is 11.3 Å². The van der Waals surface area contributed by atoms with Crippen LogP contribution in [0.25, 0.3) is 0 Å². The number of thiazole rings is 1. The molecule has 0 saturated carbocycles. The molecule has 0 saturated heterocycles. The third kappa shape index (κ3) is 5.73. The van der Waals surface area contributed by atoms with Crippen molar-refractivity contribution in [1.82, 2.24) is 10.3 Å². The number of carbonyl (C=O) groups is 2. The molecule has 8 nitrogen and oxygen atoms in total. The molecular formula is C22H22FN3O5S. The summed E-state index contributed by atoms with van der Waals surface area (Å²) in [4.78, 5) is 28.8. The molecule has 3 rings (SSSR count). The van der Waals surface area contributed by atoms with Gasteiger partial charge < -0.3 is 19.5 Å². The van der Waals surface area contributed by atoms with Gasteiger partial charge in [0.25, 0.3) is 5.91 Å². The minimum absolute atomic E-state index is 0.0490. The van der Waals surface area contributed by atoms with E-state index in [-0.39, 0.29) is 18.9 Å². The molecule has 2 amide bonds. The van der Waals surface area contributed by atoms with Gasteiger partial charge in [-0.25, -0.2) is 9.37 Å². The van der Waals surface area contributed by atoms with Crippen molar-refractivity contribution in [3.8, 4) is 17.2 Å². The van der Waals surface area contributed by atoms with Gasteiger partial charge in [0.05, 0.1) is 33.4 Å². The summed E-state index contributed by atoms with van der Waals surface area (Å²) >= 11 is 1.20. The molecule has 10 heteroatoms. The summed E-state index contributed by atoms with van der Waals surface area (Å²) in [6, 6.07) is 8.70. The van der Waals surface area contributed by atoms with Gasteiger partial charge in [-0.05, 0) is 42.0 Å². The fourth-order valence-corrected chi connectivity index (χ4v) is 3.59. The summed E-state index contributed by atoms with van der Waals surface area (Å²) in [5.74, 6) is 0.408. The molecule has 0 aliphatic heterocycles. The topological polar surface area (TPSA) is 98.8 Å². The Hall–Kier alpha value is -3.66. The molecule has 32 heavy (non-hydrogen) atoms. The van der Waals surface area contributed by atoms with Crippen LogP contribution in [0.2, 0.25) is 0 Å². The Bertz CT molecular complexity index is 1080.